The molecule has 1 aromatic carbocycles. The van der Waals surface area contributed by atoms with Crippen molar-refractivity contribution in [3.63, 3.8) is 0 Å². The van der Waals surface area contributed by atoms with Gasteiger partial charge in [0.05, 0.1) is 5.92 Å². The average Bonchev–Trinajstić information content (AvgIpc) is 3.19. The molecule has 21 heavy (non-hydrogen) atoms. The van der Waals surface area contributed by atoms with Crippen molar-refractivity contribution in [2.24, 2.45) is 11.8 Å². The van der Waals surface area contributed by atoms with Gasteiger partial charge in [0.15, 0.2) is 0 Å². The number of rotatable bonds is 5. The number of hydrogen-bond acceptors (Lipinski definition) is 2. The van der Waals surface area contributed by atoms with Gasteiger partial charge in [-0.3, -0.25) is 4.79 Å². The zero-order chi connectivity index (χ0) is 13.9. The van der Waals surface area contributed by atoms with Gasteiger partial charge in [0.1, 0.15) is 0 Å². The van der Waals surface area contributed by atoms with Gasteiger partial charge in [0.2, 0.25) is 5.91 Å². The summed E-state index contributed by atoms with van der Waals surface area (Å²) in [6.07, 6.45) is 3.55. The monoisotopic (exact) mass is 308 g/mol. The molecule has 0 bridgehead atoms. The molecule has 0 aromatic heterocycles. The normalized spacial score (nSPS) is 22.4. The Labute approximate surface area is 133 Å². The highest BCUT2D eigenvalue weighted by atomic mass is 35.5. The molecule has 116 valence electrons. The van der Waals surface area contributed by atoms with Gasteiger partial charge in [-0.1, -0.05) is 30.3 Å². The van der Waals surface area contributed by atoms with Crippen molar-refractivity contribution in [3.8, 4) is 0 Å². The number of carbonyl (C=O) groups is 1. The lowest BCUT2D eigenvalue weighted by atomic mass is 10.0. The van der Waals surface area contributed by atoms with Gasteiger partial charge in [0.25, 0.3) is 0 Å². The number of hydrogen-bond donors (Lipinski definition) is 1. The lowest BCUT2D eigenvalue weighted by Crippen LogP contribution is -2.43. The summed E-state index contributed by atoms with van der Waals surface area (Å²) < 4.78 is 0. The van der Waals surface area contributed by atoms with Gasteiger partial charge in [-0.05, 0) is 44.2 Å². The topological polar surface area (TPSA) is 32.3 Å². The van der Waals surface area contributed by atoms with Crippen LogP contribution in [0.2, 0.25) is 0 Å². The summed E-state index contributed by atoms with van der Waals surface area (Å²) >= 11 is 0. The molecule has 2 aliphatic rings. The first-order chi connectivity index (χ1) is 9.75. The number of carbonyl (C=O) groups excluding carboxylic acids is 1. The minimum atomic E-state index is 0. The number of nitrogens with zero attached hydrogens (tertiary/aromatic N) is 1. The molecule has 0 spiro atoms. The fourth-order valence-corrected chi connectivity index (χ4v) is 3.14. The number of nitrogens with one attached hydrogen (secondary N) is 1. The standard InChI is InChI=1S/C17H24N2O.ClH/c1-13(15-7-8-15)19(12-14-5-3-2-4-6-14)17(20)16-9-10-18-11-16;/h2-6,13,15-16,18H,7-12H2,1H3;1H. The first-order valence-corrected chi connectivity index (χ1v) is 7.81. The second-order valence-electron chi connectivity index (χ2n) is 6.22. The van der Waals surface area contributed by atoms with E-state index in [1.807, 2.05) is 6.07 Å². The first kappa shape index (κ1) is 16.3. The predicted octanol–water partition coefficient (Wildman–Crippen LogP) is 2.85. The van der Waals surface area contributed by atoms with E-state index >= 15 is 0 Å². The molecule has 1 saturated heterocycles. The molecule has 1 aliphatic carbocycles. The van der Waals surface area contributed by atoms with Crippen LogP contribution < -0.4 is 5.32 Å². The van der Waals surface area contributed by atoms with Gasteiger partial charge < -0.3 is 10.2 Å². The third-order valence-corrected chi connectivity index (χ3v) is 4.68. The van der Waals surface area contributed by atoms with Crippen molar-refractivity contribution in [2.75, 3.05) is 13.1 Å². The largest absolute Gasteiger partial charge is 0.335 e. The lowest BCUT2D eigenvalue weighted by Gasteiger charge is -2.31. The van der Waals surface area contributed by atoms with Crippen LogP contribution in [0.4, 0.5) is 0 Å². The highest BCUT2D eigenvalue weighted by Gasteiger charge is 2.37. The zero-order valence-corrected chi connectivity index (χ0v) is 13.4. The lowest BCUT2D eigenvalue weighted by molar-refractivity contribution is -0.138. The predicted molar refractivity (Wildman–Crippen MR) is 87.4 cm³/mol. The van der Waals surface area contributed by atoms with Crippen LogP contribution in [0.15, 0.2) is 30.3 Å². The summed E-state index contributed by atoms with van der Waals surface area (Å²) in [5.41, 5.74) is 1.24. The van der Waals surface area contributed by atoms with Crippen LogP contribution in [0, 0.1) is 11.8 Å². The fourth-order valence-electron chi connectivity index (χ4n) is 3.14. The Bertz CT molecular complexity index is 455. The maximum Gasteiger partial charge on any atom is 0.227 e. The second-order valence-corrected chi connectivity index (χ2v) is 6.22. The van der Waals surface area contributed by atoms with Crippen LogP contribution in [-0.4, -0.2) is 29.9 Å². The van der Waals surface area contributed by atoms with Gasteiger partial charge in [-0.25, -0.2) is 0 Å². The Hall–Kier alpha value is -1.06. The Morgan fingerprint density at radius 1 is 1.29 bits per heavy atom. The van der Waals surface area contributed by atoms with E-state index in [-0.39, 0.29) is 18.3 Å². The fraction of sp³-hybridized carbons (Fsp3) is 0.588. The van der Waals surface area contributed by atoms with Crippen LogP contribution in [0.1, 0.15) is 31.7 Å². The minimum Gasteiger partial charge on any atom is -0.335 e. The van der Waals surface area contributed by atoms with Crippen LogP contribution in [0.25, 0.3) is 0 Å². The van der Waals surface area contributed by atoms with Gasteiger partial charge >= 0.3 is 0 Å². The Morgan fingerprint density at radius 2 is 2.00 bits per heavy atom. The first-order valence-electron chi connectivity index (χ1n) is 7.81. The van der Waals surface area contributed by atoms with Crippen LogP contribution in [0.5, 0.6) is 0 Å². The molecule has 1 N–H and O–H groups in total. The van der Waals surface area contributed by atoms with Crippen LogP contribution in [-0.2, 0) is 11.3 Å². The average molecular weight is 309 g/mol. The number of benzene rings is 1. The molecule has 3 nitrogen and oxygen atoms in total. The second kappa shape index (κ2) is 7.28. The van der Waals surface area contributed by atoms with Crippen molar-refractivity contribution in [1.82, 2.24) is 10.2 Å². The maximum atomic E-state index is 12.8. The molecule has 2 atom stereocenters. The summed E-state index contributed by atoms with van der Waals surface area (Å²) in [5, 5.41) is 3.31. The molecule has 1 saturated carbocycles. The van der Waals surface area contributed by atoms with E-state index in [1.54, 1.807) is 0 Å². The van der Waals surface area contributed by atoms with E-state index < -0.39 is 0 Å². The van der Waals surface area contributed by atoms with E-state index in [1.165, 1.54) is 18.4 Å². The molecule has 2 fully saturated rings. The molecule has 4 heteroatoms. The summed E-state index contributed by atoms with van der Waals surface area (Å²) in [4.78, 5) is 14.9. The van der Waals surface area contributed by atoms with E-state index in [9.17, 15) is 4.79 Å². The Morgan fingerprint density at radius 3 is 2.57 bits per heavy atom. The SMILES string of the molecule is CC(C1CC1)N(Cc1ccccc1)C(=O)C1CCNC1.Cl. The van der Waals surface area contributed by atoms with Gasteiger partial charge in [-0.15, -0.1) is 12.4 Å². The van der Waals surface area contributed by atoms with Gasteiger partial charge in [-0.2, -0.15) is 0 Å². The van der Waals surface area contributed by atoms with Crippen molar-refractivity contribution >= 4 is 18.3 Å². The molecule has 3 rings (SSSR count). The van der Waals surface area contributed by atoms with Crippen LogP contribution >= 0.6 is 12.4 Å². The molecule has 1 heterocycles. The summed E-state index contributed by atoms with van der Waals surface area (Å²) in [7, 11) is 0. The summed E-state index contributed by atoms with van der Waals surface area (Å²) in [5.74, 6) is 1.25. The molecule has 1 aliphatic heterocycles. The molecule has 1 amide bonds. The highest BCUT2D eigenvalue weighted by molar-refractivity contribution is 5.85. The Balaban J connectivity index is 0.00000161. The highest BCUT2D eigenvalue weighted by Crippen LogP contribution is 2.36. The van der Waals surface area contributed by atoms with Crippen molar-refractivity contribution in [1.29, 1.82) is 0 Å². The molecular weight excluding hydrogens is 284 g/mol. The molecule has 2 unspecified atom stereocenters. The number of amides is 1. The Kier molecular flexibility index (Phi) is 5.65. The summed E-state index contributed by atoms with van der Waals surface area (Å²) in [6.45, 7) is 4.81. The van der Waals surface area contributed by atoms with E-state index in [0.29, 0.717) is 11.9 Å². The smallest absolute Gasteiger partial charge is 0.227 e. The quantitative estimate of drug-likeness (QED) is 0.907. The van der Waals surface area contributed by atoms with Crippen molar-refractivity contribution < 1.29 is 4.79 Å². The van der Waals surface area contributed by atoms with Crippen molar-refractivity contribution in [3.05, 3.63) is 35.9 Å². The van der Waals surface area contributed by atoms with Gasteiger partial charge in [0, 0.05) is 19.1 Å². The zero-order valence-electron chi connectivity index (χ0n) is 12.6. The molecule has 1 aromatic rings. The molecular formula is C17H25ClN2O. The molecule has 0 radical (unpaired) electrons. The third-order valence-electron chi connectivity index (χ3n) is 4.68. The third kappa shape index (κ3) is 3.98. The maximum absolute atomic E-state index is 12.8. The summed E-state index contributed by atoms with van der Waals surface area (Å²) in [6, 6.07) is 10.7. The van der Waals surface area contributed by atoms with E-state index in [4.69, 9.17) is 0 Å². The van der Waals surface area contributed by atoms with Crippen LogP contribution in [0.3, 0.4) is 0 Å². The van der Waals surface area contributed by atoms with E-state index in [2.05, 4.69) is 41.4 Å². The van der Waals surface area contributed by atoms with Crippen molar-refractivity contribution in [2.45, 2.75) is 38.8 Å². The minimum absolute atomic E-state index is 0. The van der Waals surface area contributed by atoms with E-state index in [0.717, 1.165) is 32.0 Å². The number of halogens is 1.